The predicted octanol–water partition coefficient (Wildman–Crippen LogP) is 4.01. The second-order valence-electron chi connectivity index (χ2n) is 4.13. The number of hydrogen-bond acceptors (Lipinski definition) is 4. The van der Waals surface area contributed by atoms with Crippen molar-refractivity contribution in [3.05, 3.63) is 54.0 Å². The van der Waals surface area contributed by atoms with E-state index in [4.69, 9.17) is 4.42 Å². The molecule has 3 rings (SSSR count). The van der Waals surface area contributed by atoms with Crippen molar-refractivity contribution in [2.45, 2.75) is 4.58 Å². The fraction of sp³-hybridized carbons (Fsp3) is 0.214. The van der Waals surface area contributed by atoms with Crippen LogP contribution in [0.2, 0.25) is 0 Å². The van der Waals surface area contributed by atoms with Gasteiger partial charge in [-0.3, -0.25) is 4.79 Å². The molecular formula is C14H13NO2S2. The summed E-state index contributed by atoms with van der Waals surface area (Å²) in [5.74, 6) is 2.50. The van der Waals surface area contributed by atoms with Gasteiger partial charge in [0, 0.05) is 17.2 Å². The number of amides is 1. The van der Waals surface area contributed by atoms with Crippen molar-refractivity contribution in [3.8, 4) is 0 Å². The first kappa shape index (κ1) is 12.7. The summed E-state index contributed by atoms with van der Waals surface area (Å²) in [4.78, 5) is 11.9. The highest BCUT2D eigenvalue weighted by Gasteiger charge is 2.18. The fourth-order valence-corrected chi connectivity index (χ4v) is 4.75. The molecule has 98 valence electrons. The number of anilines is 1. The van der Waals surface area contributed by atoms with Crippen molar-refractivity contribution >= 4 is 35.1 Å². The maximum Gasteiger partial charge on any atom is 0.291 e. The molecule has 1 fully saturated rings. The maximum atomic E-state index is 11.9. The highest BCUT2D eigenvalue weighted by Crippen LogP contribution is 2.45. The molecule has 5 heteroatoms. The Labute approximate surface area is 120 Å². The number of carbonyl (C=O) groups excluding carboxylic acids is 1. The zero-order valence-corrected chi connectivity index (χ0v) is 11.8. The van der Waals surface area contributed by atoms with Gasteiger partial charge in [-0.1, -0.05) is 12.1 Å². The van der Waals surface area contributed by atoms with Gasteiger partial charge in [0.15, 0.2) is 5.76 Å². The minimum atomic E-state index is -0.214. The standard InChI is InChI=1S/C14H13NO2S2/c16-13(12-5-2-6-17-12)15-11-4-1-3-10(9-11)14-18-7-8-19-14/h1-6,9,14H,7-8H2,(H,15,16). The topological polar surface area (TPSA) is 42.2 Å². The smallest absolute Gasteiger partial charge is 0.291 e. The van der Waals surface area contributed by atoms with Crippen LogP contribution in [0.4, 0.5) is 5.69 Å². The lowest BCUT2D eigenvalue weighted by Gasteiger charge is -2.10. The predicted molar refractivity (Wildman–Crippen MR) is 80.8 cm³/mol. The first-order chi connectivity index (χ1) is 9.33. The summed E-state index contributed by atoms with van der Waals surface area (Å²) in [6.45, 7) is 0. The van der Waals surface area contributed by atoms with Gasteiger partial charge in [-0.05, 0) is 29.8 Å². The molecule has 3 nitrogen and oxygen atoms in total. The average Bonchev–Trinajstić information content (AvgIpc) is 3.13. The van der Waals surface area contributed by atoms with Gasteiger partial charge in [0.2, 0.25) is 0 Å². The zero-order valence-electron chi connectivity index (χ0n) is 10.2. The number of nitrogens with one attached hydrogen (secondary N) is 1. The van der Waals surface area contributed by atoms with Crippen LogP contribution in [-0.2, 0) is 0 Å². The summed E-state index contributed by atoms with van der Waals surface area (Å²) in [6, 6.07) is 11.4. The quantitative estimate of drug-likeness (QED) is 0.927. The number of carbonyl (C=O) groups is 1. The van der Waals surface area contributed by atoms with Crippen LogP contribution in [-0.4, -0.2) is 17.4 Å². The molecule has 1 amide bonds. The van der Waals surface area contributed by atoms with E-state index >= 15 is 0 Å². The first-order valence-electron chi connectivity index (χ1n) is 6.01. The first-order valence-corrected chi connectivity index (χ1v) is 8.11. The molecule has 1 N–H and O–H groups in total. The summed E-state index contributed by atoms with van der Waals surface area (Å²) in [5.41, 5.74) is 2.07. The lowest BCUT2D eigenvalue weighted by Crippen LogP contribution is -2.10. The lowest BCUT2D eigenvalue weighted by molar-refractivity contribution is 0.0996. The van der Waals surface area contributed by atoms with Crippen LogP contribution in [0.3, 0.4) is 0 Å². The molecule has 0 bridgehead atoms. The minimum absolute atomic E-state index is 0.214. The molecule has 0 atom stereocenters. The Morgan fingerprint density at radius 3 is 2.79 bits per heavy atom. The van der Waals surface area contributed by atoms with Gasteiger partial charge in [-0.15, -0.1) is 23.5 Å². The Balaban J connectivity index is 1.74. The third kappa shape index (κ3) is 2.98. The molecule has 0 unspecified atom stereocenters. The number of benzene rings is 1. The van der Waals surface area contributed by atoms with Crippen LogP contribution < -0.4 is 5.32 Å². The van der Waals surface area contributed by atoms with Gasteiger partial charge >= 0.3 is 0 Å². The van der Waals surface area contributed by atoms with Gasteiger partial charge in [0.05, 0.1) is 10.8 Å². The van der Waals surface area contributed by atoms with Gasteiger partial charge in [0.25, 0.3) is 5.91 Å². The molecule has 0 saturated carbocycles. The highest BCUT2D eigenvalue weighted by atomic mass is 32.2. The van der Waals surface area contributed by atoms with E-state index in [0.717, 1.165) is 5.69 Å². The second kappa shape index (κ2) is 5.75. The Morgan fingerprint density at radius 1 is 1.21 bits per heavy atom. The van der Waals surface area contributed by atoms with Crippen molar-refractivity contribution in [1.29, 1.82) is 0 Å². The largest absolute Gasteiger partial charge is 0.459 e. The minimum Gasteiger partial charge on any atom is -0.459 e. The van der Waals surface area contributed by atoms with Crippen LogP contribution in [0, 0.1) is 0 Å². The molecule has 1 aliphatic rings. The van der Waals surface area contributed by atoms with Crippen molar-refractivity contribution < 1.29 is 9.21 Å². The Bertz CT molecular complexity index is 563. The summed E-state index contributed by atoms with van der Waals surface area (Å²) in [6.07, 6.45) is 1.50. The summed E-state index contributed by atoms with van der Waals surface area (Å²) in [7, 11) is 0. The molecule has 19 heavy (non-hydrogen) atoms. The number of furan rings is 1. The summed E-state index contributed by atoms with van der Waals surface area (Å²) >= 11 is 3.91. The van der Waals surface area contributed by atoms with Crippen LogP contribution in [0.25, 0.3) is 0 Å². The SMILES string of the molecule is O=C(Nc1cccc(C2SCCS2)c1)c1ccco1. The normalized spacial score (nSPS) is 15.6. The molecule has 2 aromatic rings. The van der Waals surface area contributed by atoms with E-state index in [2.05, 4.69) is 11.4 Å². The lowest BCUT2D eigenvalue weighted by atomic mass is 10.2. The monoisotopic (exact) mass is 291 g/mol. The van der Waals surface area contributed by atoms with Crippen LogP contribution >= 0.6 is 23.5 Å². The van der Waals surface area contributed by atoms with Crippen molar-refractivity contribution in [3.63, 3.8) is 0 Å². The Hall–Kier alpha value is -1.33. The number of hydrogen-bond donors (Lipinski definition) is 1. The van der Waals surface area contributed by atoms with E-state index in [1.54, 1.807) is 12.1 Å². The van der Waals surface area contributed by atoms with Gasteiger partial charge < -0.3 is 9.73 Å². The molecule has 0 aliphatic carbocycles. The van der Waals surface area contributed by atoms with E-state index in [9.17, 15) is 4.79 Å². The number of rotatable bonds is 3. The molecule has 1 aromatic heterocycles. The average molecular weight is 291 g/mol. The Kier molecular flexibility index (Phi) is 3.84. The van der Waals surface area contributed by atoms with Crippen molar-refractivity contribution in [2.75, 3.05) is 16.8 Å². The van der Waals surface area contributed by atoms with Gasteiger partial charge in [0.1, 0.15) is 0 Å². The van der Waals surface area contributed by atoms with E-state index in [0.29, 0.717) is 10.3 Å². The molecule has 1 aromatic carbocycles. The molecule has 1 saturated heterocycles. The van der Waals surface area contributed by atoms with Crippen molar-refractivity contribution in [2.24, 2.45) is 0 Å². The van der Waals surface area contributed by atoms with Crippen LogP contribution in [0.15, 0.2) is 47.1 Å². The Morgan fingerprint density at radius 2 is 2.05 bits per heavy atom. The third-order valence-corrected chi connectivity index (χ3v) is 5.89. The maximum absolute atomic E-state index is 11.9. The van der Waals surface area contributed by atoms with Crippen molar-refractivity contribution in [1.82, 2.24) is 0 Å². The fourth-order valence-electron chi connectivity index (χ4n) is 1.91. The van der Waals surface area contributed by atoms with E-state index in [-0.39, 0.29) is 5.91 Å². The molecular weight excluding hydrogens is 278 g/mol. The molecule has 1 aliphatic heterocycles. The zero-order chi connectivity index (χ0) is 13.1. The van der Waals surface area contributed by atoms with Crippen LogP contribution in [0.5, 0.6) is 0 Å². The van der Waals surface area contributed by atoms with E-state index in [1.807, 2.05) is 41.7 Å². The highest BCUT2D eigenvalue weighted by molar-refractivity contribution is 8.19. The molecule has 0 spiro atoms. The van der Waals surface area contributed by atoms with E-state index in [1.165, 1.54) is 23.3 Å². The third-order valence-electron chi connectivity index (χ3n) is 2.78. The van der Waals surface area contributed by atoms with Crippen LogP contribution in [0.1, 0.15) is 20.7 Å². The second-order valence-corrected chi connectivity index (χ2v) is 6.85. The summed E-state index contributed by atoms with van der Waals surface area (Å²) in [5, 5.41) is 2.86. The van der Waals surface area contributed by atoms with E-state index < -0.39 is 0 Å². The summed E-state index contributed by atoms with van der Waals surface area (Å²) < 4.78 is 5.56. The molecule has 2 heterocycles. The van der Waals surface area contributed by atoms with Gasteiger partial charge in [-0.25, -0.2) is 0 Å². The van der Waals surface area contributed by atoms with Gasteiger partial charge in [-0.2, -0.15) is 0 Å². The number of thioether (sulfide) groups is 2. The molecule has 0 radical (unpaired) electrons.